The maximum Gasteiger partial charge on any atom is 0.155 e. The second-order valence-electron chi connectivity index (χ2n) is 13.4. The van der Waals surface area contributed by atoms with Gasteiger partial charge in [0.05, 0.1) is 46.2 Å². The van der Waals surface area contributed by atoms with E-state index >= 15 is 0 Å². The van der Waals surface area contributed by atoms with Crippen molar-refractivity contribution in [3.8, 4) is 5.75 Å². The molecule has 3 saturated heterocycles. The van der Waals surface area contributed by atoms with Crippen LogP contribution in [0, 0.1) is 0 Å². The highest BCUT2D eigenvalue weighted by Gasteiger charge is 2.27. The maximum atomic E-state index is 5.54. The van der Waals surface area contributed by atoms with E-state index in [-0.39, 0.29) is 5.41 Å². The summed E-state index contributed by atoms with van der Waals surface area (Å²) in [4.78, 5) is 4.47. The van der Waals surface area contributed by atoms with Crippen LogP contribution in [0.2, 0.25) is 0 Å². The van der Waals surface area contributed by atoms with Crippen LogP contribution in [-0.4, -0.2) is 94.5 Å². The average Bonchev–Trinajstić information content (AvgIpc) is 3.16. The lowest BCUT2D eigenvalue weighted by Gasteiger charge is -2.19. The highest BCUT2D eigenvalue weighted by atomic mass is 32.2. The van der Waals surface area contributed by atoms with Crippen molar-refractivity contribution in [1.82, 2.24) is 0 Å². The summed E-state index contributed by atoms with van der Waals surface area (Å²) in [5, 5.41) is 0. The molecule has 3 aliphatic rings. The number of unbranched alkanes of at least 4 members (excludes halogenated alkanes) is 1. The van der Waals surface area contributed by atoms with E-state index in [1.54, 1.807) is 7.11 Å². The third-order valence-electron chi connectivity index (χ3n) is 8.69. The molecule has 3 aromatic carbocycles. The molecule has 0 spiro atoms. The number of hydrogen-bond acceptors (Lipinski definition) is 5. The second kappa shape index (κ2) is 22.3. The first kappa shape index (κ1) is 40.1. The van der Waals surface area contributed by atoms with E-state index in [2.05, 4.69) is 88.4 Å². The highest BCUT2D eigenvalue weighted by molar-refractivity contribution is 7.97. The van der Waals surface area contributed by atoms with E-state index in [1.165, 1.54) is 68.1 Å². The molecule has 8 heteroatoms. The van der Waals surface area contributed by atoms with Gasteiger partial charge in [-0.15, -0.1) is 0 Å². The summed E-state index contributed by atoms with van der Waals surface area (Å²) < 4.78 is 26.7. The Bertz CT molecular complexity index is 1280. The Kier molecular flexibility index (Phi) is 18.3. The van der Waals surface area contributed by atoms with Crippen LogP contribution < -0.4 is 4.74 Å². The number of aryl methyl sites for hydroxylation is 1. The fraction of sp³-hybridized carbons (Fsp3) is 0.561. The van der Waals surface area contributed by atoms with Crippen LogP contribution in [0.1, 0.15) is 51.7 Å². The predicted molar refractivity (Wildman–Crippen MR) is 213 cm³/mol. The molecule has 270 valence electrons. The molecule has 0 atom stereocenters. The Hall–Kier alpha value is -1.65. The van der Waals surface area contributed by atoms with Crippen molar-refractivity contribution in [1.29, 1.82) is 0 Å². The van der Waals surface area contributed by atoms with E-state index < -0.39 is 0 Å². The van der Waals surface area contributed by atoms with Crippen LogP contribution in [0.15, 0.2) is 87.5 Å². The molecule has 3 aliphatic heterocycles. The van der Waals surface area contributed by atoms with Crippen LogP contribution in [0.3, 0.4) is 0 Å². The fourth-order valence-corrected chi connectivity index (χ4v) is 11.1. The Morgan fingerprint density at radius 2 is 0.980 bits per heavy atom. The number of methoxy groups -OCH3 is 1. The van der Waals surface area contributed by atoms with Gasteiger partial charge in [0, 0.05) is 39.8 Å². The van der Waals surface area contributed by atoms with Gasteiger partial charge in [-0.3, -0.25) is 0 Å². The monoisotopic (exact) mass is 729 g/mol. The van der Waals surface area contributed by atoms with Gasteiger partial charge in [-0.1, -0.05) is 58.4 Å². The molecule has 5 nitrogen and oxygen atoms in total. The molecule has 3 heterocycles. The Balaban J connectivity index is 0.000000166. The Morgan fingerprint density at radius 3 is 1.37 bits per heavy atom. The first-order chi connectivity index (χ1) is 23.9. The molecule has 49 heavy (non-hydrogen) atoms. The normalized spacial score (nSPS) is 17.7. The van der Waals surface area contributed by atoms with Gasteiger partial charge in [0.25, 0.3) is 0 Å². The standard InChI is InChI=1S/2C14H21OS.C13H19O3S/c1-14(2,3)12-4-6-13(7-5-12)16-10-8-15-9-11-16;1-2-3-4-13-5-7-14(8-6-13)16-11-9-15-10-12-16;1-14-6-7-16-12-2-4-13(5-3-12)17-10-8-15-9-11-17/h4-7H,8-11H2,1-3H3;5-8H,2-4,9-12H2,1H3;2-5H,6-11H2,1H3/q3*+1. The average molecular weight is 730 g/mol. The fourth-order valence-electron chi connectivity index (χ4n) is 5.62. The lowest BCUT2D eigenvalue weighted by Crippen LogP contribution is -2.26. The summed E-state index contributed by atoms with van der Waals surface area (Å²) in [5.74, 6) is 8.07. The van der Waals surface area contributed by atoms with Gasteiger partial charge >= 0.3 is 0 Å². The van der Waals surface area contributed by atoms with E-state index in [9.17, 15) is 0 Å². The third-order valence-corrected chi connectivity index (χ3v) is 15.5. The molecule has 3 fully saturated rings. The molecule has 6 rings (SSSR count). The van der Waals surface area contributed by atoms with Gasteiger partial charge in [-0.2, -0.15) is 0 Å². The van der Waals surface area contributed by atoms with Crippen molar-refractivity contribution < 1.29 is 23.7 Å². The molecule has 0 radical (unpaired) electrons. The largest absolute Gasteiger partial charge is 0.491 e. The van der Waals surface area contributed by atoms with Gasteiger partial charge in [0.2, 0.25) is 0 Å². The molecule has 0 amide bonds. The van der Waals surface area contributed by atoms with Gasteiger partial charge in [-0.05, 0) is 77.9 Å². The summed E-state index contributed by atoms with van der Waals surface area (Å²) in [6.45, 7) is 15.8. The summed E-state index contributed by atoms with van der Waals surface area (Å²) in [6, 6.07) is 27.0. The van der Waals surface area contributed by atoms with Crippen LogP contribution in [0.5, 0.6) is 5.75 Å². The summed E-state index contributed by atoms with van der Waals surface area (Å²) in [7, 11) is 2.94. The lowest BCUT2D eigenvalue weighted by molar-refractivity contribution is 0.146. The first-order valence-electron chi connectivity index (χ1n) is 18.0. The minimum Gasteiger partial charge on any atom is -0.491 e. The van der Waals surface area contributed by atoms with Crippen molar-refractivity contribution >= 4 is 32.7 Å². The summed E-state index contributed by atoms with van der Waals surface area (Å²) in [5.41, 5.74) is 3.17. The predicted octanol–water partition coefficient (Wildman–Crippen LogP) is 7.75. The molecule has 0 N–H and O–H groups in total. The van der Waals surface area contributed by atoms with Gasteiger partial charge in [0.15, 0.2) is 14.7 Å². The summed E-state index contributed by atoms with van der Waals surface area (Å²) in [6.07, 6.45) is 3.82. The van der Waals surface area contributed by atoms with E-state index in [1.807, 2.05) is 12.1 Å². The van der Waals surface area contributed by atoms with E-state index in [0.717, 1.165) is 56.9 Å². The maximum absolute atomic E-state index is 5.54. The van der Waals surface area contributed by atoms with E-state index in [0.29, 0.717) is 45.9 Å². The van der Waals surface area contributed by atoms with Crippen molar-refractivity contribution in [2.75, 3.05) is 94.5 Å². The van der Waals surface area contributed by atoms with Gasteiger partial charge < -0.3 is 23.7 Å². The van der Waals surface area contributed by atoms with Crippen molar-refractivity contribution in [2.24, 2.45) is 0 Å². The SMILES string of the molecule is CC(C)(C)c1ccc([S+]2CCOCC2)cc1.CCCCc1ccc([S+]2CCOCC2)cc1.COCCOc1ccc([S+]2CCOCC2)cc1. The van der Waals surface area contributed by atoms with Crippen LogP contribution >= 0.6 is 0 Å². The highest BCUT2D eigenvalue weighted by Crippen LogP contribution is 2.25. The third kappa shape index (κ3) is 14.5. The number of rotatable bonds is 10. The first-order valence-corrected chi connectivity index (χ1v) is 22.7. The smallest absolute Gasteiger partial charge is 0.155 e. The lowest BCUT2D eigenvalue weighted by atomic mass is 9.87. The molecule has 0 aromatic heterocycles. The van der Waals surface area contributed by atoms with Gasteiger partial charge in [0.1, 0.15) is 46.9 Å². The molecule has 0 saturated carbocycles. The number of benzene rings is 3. The zero-order valence-corrected chi connectivity index (χ0v) is 33.2. The van der Waals surface area contributed by atoms with E-state index in [4.69, 9.17) is 23.7 Å². The quantitative estimate of drug-likeness (QED) is 0.158. The van der Waals surface area contributed by atoms with Crippen molar-refractivity contribution in [3.05, 3.63) is 83.9 Å². The van der Waals surface area contributed by atoms with Crippen LogP contribution in [0.25, 0.3) is 0 Å². The number of hydrogen-bond donors (Lipinski definition) is 0. The summed E-state index contributed by atoms with van der Waals surface area (Å²) >= 11 is 0. The van der Waals surface area contributed by atoms with Crippen LogP contribution in [-0.2, 0) is 63.5 Å². The Morgan fingerprint density at radius 1 is 0.571 bits per heavy atom. The molecule has 3 aromatic rings. The topological polar surface area (TPSA) is 46.2 Å². The molecular formula is C41H61O5S3+3. The van der Waals surface area contributed by atoms with Crippen molar-refractivity contribution in [2.45, 2.75) is 67.1 Å². The second-order valence-corrected chi connectivity index (χ2v) is 20.2. The minimum absolute atomic E-state index is 0.261. The molecular weight excluding hydrogens is 669 g/mol. The van der Waals surface area contributed by atoms with Crippen LogP contribution in [0.4, 0.5) is 0 Å². The Labute approximate surface area is 306 Å². The molecule has 0 bridgehead atoms. The molecule has 0 aliphatic carbocycles. The van der Waals surface area contributed by atoms with Gasteiger partial charge in [-0.25, -0.2) is 0 Å². The zero-order chi connectivity index (χ0) is 34.7. The number of ether oxygens (including phenoxy) is 5. The molecule has 0 unspecified atom stereocenters. The van der Waals surface area contributed by atoms with Crippen molar-refractivity contribution in [3.63, 3.8) is 0 Å². The minimum atomic E-state index is 0.261. The zero-order valence-electron chi connectivity index (χ0n) is 30.7.